The standard InChI is InChI=1S/C14H22N4O2S/c1-14(2,3)12(20)18-7-5-17(6-8-18)10-11(19)16-13-15-4-9-21-13/h4,9H,5-8,10H2,1-3H3,(H,15,16,19). The Morgan fingerprint density at radius 3 is 2.48 bits per heavy atom. The molecule has 116 valence electrons. The summed E-state index contributed by atoms with van der Waals surface area (Å²) in [7, 11) is 0. The quantitative estimate of drug-likeness (QED) is 0.913. The number of nitrogens with one attached hydrogen (secondary N) is 1. The summed E-state index contributed by atoms with van der Waals surface area (Å²) in [6, 6.07) is 0. The number of nitrogens with zero attached hydrogens (tertiary/aromatic N) is 3. The number of thiazole rings is 1. The maximum absolute atomic E-state index is 12.2. The normalized spacial score (nSPS) is 16.8. The molecule has 1 aliphatic rings. The van der Waals surface area contributed by atoms with Crippen molar-refractivity contribution in [1.82, 2.24) is 14.8 Å². The molecule has 0 spiro atoms. The van der Waals surface area contributed by atoms with E-state index in [9.17, 15) is 9.59 Å². The lowest BCUT2D eigenvalue weighted by Crippen LogP contribution is -2.52. The molecule has 2 amide bonds. The van der Waals surface area contributed by atoms with E-state index in [1.807, 2.05) is 31.1 Å². The molecule has 0 aromatic carbocycles. The number of carbonyl (C=O) groups is 2. The molecule has 21 heavy (non-hydrogen) atoms. The van der Waals surface area contributed by atoms with E-state index in [4.69, 9.17) is 0 Å². The van der Waals surface area contributed by atoms with Gasteiger partial charge in [0.25, 0.3) is 0 Å². The maximum Gasteiger partial charge on any atom is 0.240 e. The summed E-state index contributed by atoms with van der Waals surface area (Å²) in [5, 5.41) is 5.23. The van der Waals surface area contributed by atoms with Crippen molar-refractivity contribution in [1.29, 1.82) is 0 Å². The van der Waals surface area contributed by atoms with Gasteiger partial charge in [-0.15, -0.1) is 11.3 Å². The first-order valence-electron chi connectivity index (χ1n) is 7.07. The van der Waals surface area contributed by atoms with E-state index in [-0.39, 0.29) is 17.2 Å². The van der Waals surface area contributed by atoms with Gasteiger partial charge in [-0.1, -0.05) is 20.8 Å². The van der Waals surface area contributed by atoms with Crippen LogP contribution in [0.3, 0.4) is 0 Å². The SMILES string of the molecule is CC(C)(C)C(=O)N1CCN(CC(=O)Nc2nccs2)CC1. The van der Waals surface area contributed by atoms with Crippen LogP contribution in [-0.4, -0.2) is 59.3 Å². The Hall–Kier alpha value is -1.47. The molecule has 1 aromatic heterocycles. The monoisotopic (exact) mass is 310 g/mol. The van der Waals surface area contributed by atoms with Crippen LogP contribution in [0.5, 0.6) is 0 Å². The zero-order chi connectivity index (χ0) is 15.5. The first kappa shape index (κ1) is 15.9. The van der Waals surface area contributed by atoms with Crippen molar-refractivity contribution in [2.24, 2.45) is 5.41 Å². The summed E-state index contributed by atoms with van der Waals surface area (Å²) in [6.07, 6.45) is 1.66. The average Bonchev–Trinajstić information content (AvgIpc) is 2.90. The number of aromatic nitrogens is 1. The fraction of sp³-hybridized carbons (Fsp3) is 0.643. The highest BCUT2D eigenvalue weighted by Crippen LogP contribution is 2.18. The van der Waals surface area contributed by atoms with Crippen LogP contribution in [0.15, 0.2) is 11.6 Å². The molecule has 2 rings (SSSR count). The van der Waals surface area contributed by atoms with Crippen LogP contribution < -0.4 is 5.32 Å². The Morgan fingerprint density at radius 1 is 1.29 bits per heavy atom. The fourth-order valence-electron chi connectivity index (χ4n) is 2.23. The fourth-order valence-corrected chi connectivity index (χ4v) is 2.78. The number of piperazine rings is 1. The van der Waals surface area contributed by atoms with Crippen LogP contribution in [0.1, 0.15) is 20.8 Å². The van der Waals surface area contributed by atoms with Crippen LogP contribution in [-0.2, 0) is 9.59 Å². The van der Waals surface area contributed by atoms with E-state index in [2.05, 4.69) is 15.2 Å². The minimum absolute atomic E-state index is 0.0550. The van der Waals surface area contributed by atoms with Gasteiger partial charge in [0, 0.05) is 43.2 Å². The predicted octanol–water partition coefficient (Wildman–Crippen LogP) is 1.27. The number of hydrogen-bond donors (Lipinski definition) is 1. The van der Waals surface area contributed by atoms with E-state index in [0.717, 1.165) is 13.1 Å². The summed E-state index contributed by atoms with van der Waals surface area (Å²) < 4.78 is 0. The van der Waals surface area contributed by atoms with Gasteiger partial charge in [-0.05, 0) is 0 Å². The molecule has 2 heterocycles. The van der Waals surface area contributed by atoms with Crippen LogP contribution in [0, 0.1) is 5.41 Å². The van der Waals surface area contributed by atoms with Crippen LogP contribution in [0.4, 0.5) is 5.13 Å². The first-order chi connectivity index (χ1) is 9.86. The van der Waals surface area contributed by atoms with E-state index < -0.39 is 0 Å². The van der Waals surface area contributed by atoms with Crippen molar-refractivity contribution in [3.05, 3.63) is 11.6 Å². The van der Waals surface area contributed by atoms with Gasteiger partial charge in [0.1, 0.15) is 0 Å². The van der Waals surface area contributed by atoms with Crippen molar-refractivity contribution >= 4 is 28.3 Å². The molecule has 0 saturated carbocycles. The molecule has 0 radical (unpaired) electrons. The number of carbonyl (C=O) groups excluding carboxylic acids is 2. The molecule has 1 aromatic rings. The lowest BCUT2D eigenvalue weighted by atomic mass is 9.94. The molecular formula is C14H22N4O2S. The zero-order valence-corrected chi connectivity index (χ0v) is 13.6. The Morgan fingerprint density at radius 2 is 1.95 bits per heavy atom. The lowest BCUT2D eigenvalue weighted by molar-refractivity contribution is -0.141. The van der Waals surface area contributed by atoms with Crippen LogP contribution >= 0.6 is 11.3 Å². The predicted molar refractivity (Wildman–Crippen MR) is 83.2 cm³/mol. The van der Waals surface area contributed by atoms with E-state index in [0.29, 0.717) is 24.8 Å². The van der Waals surface area contributed by atoms with E-state index >= 15 is 0 Å². The van der Waals surface area contributed by atoms with Crippen molar-refractivity contribution < 1.29 is 9.59 Å². The summed E-state index contributed by atoms with van der Waals surface area (Å²) >= 11 is 1.41. The molecule has 0 aliphatic carbocycles. The molecule has 0 unspecified atom stereocenters. The van der Waals surface area contributed by atoms with Crippen LogP contribution in [0.2, 0.25) is 0 Å². The topological polar surface area (TPSA) is 65.5 Å². The van der Waals surface area contributed by atoms with Gasteiger partial charge in [-0.2, -0.15) is 0 Å². The molecule has 1 fully saturated rings. The lowest BCUT2D eigenvalue weighted by Gasteiger charge is -2.37. The zero-order valence-electron chi connectivity index (χ0n) is 12.8. The second kappa shape index (κ2) is 6.53. The Kier molecular flexibility index (Phi) is 4.95. The molecular weight excluding hydrogens is 288 g/mol. The molecule has 6 nitrogen and oxygen atoms in total. The first-order valence-corrected chi connectivity index (χ1v) is 7.95. The summed E-state index contributed by atoms with van der Waals surface area (Å²) in [6.45, 7) is 8.97. The smallest absolute Gasteiger partial charge is 0.240 e. The van der Waals surface area contributed by atoms with Gasteiger partial charge in [-0.3, -0.25) is 14.5 Å². The van der Waals surface area contributed by atoms with Gasteiger partial charge < -0.3 is 10.2 Å². The molecule has 1 aliphatic heterocycles. The minimum Gasteiger partial charge on any atom is -0.340 e. The van der Waals surface area contributed by atoms with Gasteiger partial charge in [-0.25, -0.2) is 4.98 Å². The van der Waals surface area contributed by atoms with E-state index in [1.165, 1.54) is 11.3 Å². The number of hydrogen-bond acceptors (Lipinski definition) is 5. The van der Waals surface area contributed by atoms with Gasteiger partial charge in [0.15, 0.2) is 5.13 Å². The summed E-state index contributed by atoms with van der Waals surface area (Å²) in [4.78, 5) is 32.0. The molecule has 7 heteroatoms. The number of amides is 2. The van der Waals surface area contributed by atoms with Crippen molar-refractivity contribution in [2.45, 2.75) is 20.8 Å². The molecule has 1 saturated heterocycles. The van der Waals surface area contributed by atoms with Crippen LogP contribution in [0.25, 0.3) is 0 Å². The summed E-state index contributed by atoms with van der Waals surface area (Å²) in [5.74, 6) is 0.120. The Labute approximate surface area is 129 Å². The molecule has 0 atom stereocenters. The average molecular weight is 310 g/mol. The Bertz CT molecular complexity index is 488. The largest absolute Gasteiger partial charge is 0.340 e. The maximum atomic E-state index is 12.2. The third kappa shape index (κ3) is 4.50. The van der Waals surface area contributed by atoms with E-state index in [1.54, 1.807) is 6.20 Å². The highest BCUT2D eigenvalue weighted by atomic mass is 32.1. The molecule has 0 bridgehead atoms. The van der Waals surface area contributed by atoms with Crippen molar-refractivity contribution in [3.63, 3.8) is 0 Å². The van der Waals surface area contributed by atoms with Crippen molar-refractivity contribution in [2.75, 3.05) is 38.0 Å². The minimum atomic E-state index is -0.343. The van der Waals surface area contributed by atoms with Gasteiger partial charge in [0.2, 0.25) is 11.8 Å². The highest BCUT2D eigenvalue weighted by Gasteiger charge is 2.29. The second-order valence-corrected chi connectivity index (χ2v) is 7.10. The summed E-state index contributed by atoms with van der Waals surface area (Å²) in [5.41, 5.74) is -0.343. The van der Waals surface area contributed by atoms with Gasteiger partial charge >= 0.3 is 0 Å². The third-order valence-corrected chi connectivity index (χ3v) is 4.04. The number of anilines is 1. The third-order valence-electron chi connectivity index (χ3n) is 3.35. The molecule has 1 N–H and O–H groups in total. The second-order valence-electron chi connectivity index (χ2n) is 6.20. The van der Waals surface area contributed by atoms with Gasteiger partial charge in [0.05, 0.1) is 6.54 Å². The van der Waals surface area contributed by atoms with Crippen molar-refractivity contribution in [3.8, 4) is 0 Å². The Balaban J connectivity index is 1.76. The number of rotatable bonds is 3. The highest BCUT2D eigenvalue weighted by molar-refractivity contribution is 7.13.